The standard InChI is InChI=1S/C64H42N2O/c1-3-18-43(19-4-1)44-34-37-48(38-35-44)65(60-40-36-47(42-56(60)46-20-5-2-6-21-46)50-29-17-23-45-22-7-8-24-49(45)50)61-41-39-54(64-63(61)55-28-12-16-33-62(55)67-64)53-27-11-15-32-59(53)66-57-30-13-9-25-51(57)52-26-10-14-31-58(52)66/h1-42H. The number of nitrogens with zero attached hydrogens (tertiary/aromatic N) is 2. The molecule has 11 aromatic carbocycles. The molecule has 0 unspecified atom stereocenters. The van der Waals surface area contributed by atoms with Crippen LogP contribution in [0.25, 0.3) is 105 Å². The minimum absolute atomic E-state index is 0.839. The minimum Gasteiger partial charge on any atom is -0.455 e. The first-order valence-electron chi connectivity index (χ1n) is 22.9. The fourth-order valence-corrected chi connectivity index (χ4v) is 10.4. The molecule has 0 fully saturated rings. The van der Waals surface area contributed by atoms with Crippen LogP contribution >= 0.6 is 0 Å². The van der Waals surface area contributed by atoms with E-state index < -0.39 is 0 Å². The van der Waals surface area contributed by atoms with Crippen LogP contribution in [0.3, 0.4) is 0 Å². The number of rotatable bonds is 8. The summed E-state index contributed by atoms with van der Waals surface area (Å²) in [5.74, 6) is 0. The SMILES string of the molecule is c1ccc(-c2ccc(N(c3ccc(-c4cccc5ccccc45)cc3-c3ccccc3)c3ccc(-c4ccccc4-n4c5ccccc5c5ccccc54)c4oc5ccccc5c34)cc2)cc1. The van der Waals surface area contributed by atoms with Gasteiger partial charge in [0.2, 0.25) is 0 Å². The van der Waals surface area contributed by atoms with Gasteiger partial charge in [-0.15, -0.1) is 0 Å². The summed E-state index contributed by atoms with van der Waals surface area (Å²) in [6, 6.07) is 91.8. The largest absolute Gasteiger partial charge is 0.455 e. The van der Waals surface area contributed by atoms with Crippen LogP contribution in [-0.4, -0.2) is 4.57 Å². The van der Waals surface area contributed by atoms with Crippen LogP contribution in [0.5, 0.6) is 0 Å². The maximum atomic E-state index is 7.12. The molecule has 0 saturated heterocycles. The van der Waals surface area contributed by atoms with Gasteiger partial charge >= 0.3 is 0 Å². The van der Waals surface area contributed by atoms with Crippen molar-refractivity contribution in [2.75, 3.05) is 4.90 Å². The molecule has 3 nitrogen and oxygen atoms in total. The molecule has 0 atom stereocenters. The normalized spacial score (nSPS) is 11.6. The quantitative estimate of drug-likeness (QED) is 0.152. The van der Waals surface area contributed by atoms with Gasteiger partial charge in [-0.1, -0.05) is 194 Å². The second-order valence-electron chi connectivity index (χ2n) is 17.2. The first-order valence-corrected chi connectivity index (χ1v) is 22.9. The monoisotopic (exact) mass is 854 g/mol. The van der Waals surface area contributed by atoms with Gasteiger partial charge in [0.1, 0.15) is 11.2 Å². The number of furan rings is 1. The van der Waals surface area contributed by atoms with Gasteiger partial charge in [0.15, 0.2) is 0 Å². The van der Waals surface area contributed by atoms with Crippen molar-refractivity contribution in [2.45, 2.75) is 0 Å². The summed E-state index contributed by atoms with van der Waals surface area (Å²) in [6.07, 6.45) is 0. The Morgan fingerprint density at radius 1 is 0.328 bits per heavy atom. The summed E-state index contributed by atoms with van der Waals surface area (Å²) >= 11 is 0. The van der Waals surface area contributed by atoms with Crippen LogP contribution < -0.4 is 4.90 Å². The van der Waals surface area contributed by atoms with Crippen molar-refractivity contribution in [3.63, 3.8) is 0 Å². The minimum atomic E-state index is 0.839. The molecule has 67 heavy (non-hydrogen) atoms. The molecule has 2 aromatic heterocycles. The van der Waals surface area contributed by atoms with Gasteiger partial charge in [-0.2, -0.15) is 0 Å². The molecular formula is C64H42N2O. The predicted octanol–water partition coefficient (Wildman–Crippen LogP) is 18.0. The second kappa shape index (κ2) is 16.0. The van der Waals surface area contributed by atoms with Crippen LogP contribution in [0.15, 0.2) is 259 Å². The highest BCUT2D eigenvalue weighted by Crippen LogP contribution is 2.50. The molecule has 314 valence electrons. The molecule has 0 N–H and O–H groups in total. The third-order valence-electron chi connectivity index (χ3n) is 13.4. The zero-order valence-electron chi connectivity index (χ0n) is 36.6. The third-order valence-corrected chi connectivity index (χ3v) is 13.4. The van der Waals surface area contributed by atoms with Crippen molar-refractivity contribution in [1.29, 1.82) is 0 Å². The topological polar surface area (TPSA) is 21.3 Å². The first kappa shape index (κ1) is 38.5. The van der Waals surface area contributed by atoms with Crippen LogP contribution in [0, 0.1) is 0 Å². The Hall–Kier alpha value is -8.92. The smallest absolute Gasteiger partial charge is 0.145 e. The Kier molecular flexibility index (Phi) is 9.17. The molecule has 0 bridgehead atoms. The van der Waals surface area contributed by atoms with E-state index in [1.54, 1.807) is 0 Å². The summed E-state index contributed by atoms with van der Waals surface area (Å²) in [5, 5.41) is 7.02. The van der Waals surface area contributed by atoms with Gasteiger partial charge in [-0.05, 0) is 99.3 Å². The molecule has 0 aliphatic heterocycles. The lowest BCUT2D eigenvalue weighted by Gasteiger charge is -2.29. The zero-order chi connectivity index (χ0) is 44.3. The predicted molar refractivity (Wildman–Crippen MR) is 282 cm³/mol. The van der Waals surface area contributed by atoms with Gasteiger partial charge in [-0.25, -0.2) is 0 Å². The van der Waals surface area contributed by atoms with Gasteiger partial charge in [0, 0.05) is 38.5 Å². The average molecular weight is 855 g/mol. The molecule has 0 aliphatic carbocycles. The van der Waals surface area contributed by atoms with E-state index in [4.69, 9.17) is 4.42 Å². The van der Waals surface area contributed by atoms with Crippen LogP contribution in [0.1, 0.15) is 0 Å². The number of anilines is 3. The summed E-state index contributed by atoms with van der Waals surface area (Å²) in [6.45, 7) is 0. The highest BCUT2D eigenvalue weighted by atomic mass is 16.3. The van der Waals surface area contributed by atoms with E-state index in [0.717, 1.165) is 78.1 Å². The lowest BCUT2D eigenvalue weighted by Crippen LogP contribution is -2.12. The molecule has 0 spiro atoms. The number of fused-ring (bicyclic) bond motifs is 7. The fourth-order valence-electron chi connectivity index (χ4n) is 10.4. The molecule has 13 rings (SSSR count). The van der Waals surface area contributed by atoms with E-state index in [2.05, 4.69) is 264 Å². The summed E-state index contributed by atoms with van der Waals surface area (Å²) < 4.78 is 9.53. The van der Waals surface area contributed by atoms with Gasteiger partial charge < -0.3 is 13.9 Å². The number of hydrogen-bond acceptors (Lipinski definition) is 2. The molecule has 3 heteroatoms. The van der Waals surface area contributed by atoms with Crippen molar-refractivity contribution in [3.8, 4) is 50.2 Å². The number of aromatic nitrogens is 1. The van der Waals surface area contributed by atoms with E-state index in [9.17, 15) is 0 Å². The summed E-state index contributed by atoms with van der Waals surface area (Å²) in [5.41, 5.74) is 17.3. The molecule has 0 aliphatic rings. The van der Waals surface area contributed by atoms with E-state index in [0.29, 0.717) is 0 Å². The average Bonchev–Trinajstić information content (AvgIpc) is 3.96. The number of hydrogen-bond donors (Lipinski definition) is 0. The van der Waals surface area contributed by atoms with Crippen molar-refractivity contribution >= 4 is 71.6 Å². The Bertz CT molecular complexity index is 3920. The molecule has 0 radical (unpaired) electrons. The highest BCUT2D eigenvalue weighted by molar-refractivity contribution is 6.18. The van der Waals surface area contributed by atoms with E-state index in [1.807, 2.05) is 0 Å². The van der Waals surface area contributed by atoms with Gasteiger partial charge in [0.05, 0.1) is 33.5 Å². The Morgan fingerprint density at radius 3 is 1.64 bits per heavy atom. The van der Waals surface area contributed by atoms with Crippen LogP contribution in [0.2, 0.25) is 0 Å². The zero-order valence-corrected chi connectivity index (χ0v) is 36.6. The Morgan fingerprint density at radius 2 is 0.881 bits per heavy atom. The van der Waals surface area contributed by atoms with Crippen LogP contribution in [-0.2, 0) is 0 Å². The first-order chi connectivity index (χ1) is 33.3. The maximum Gasteiger partial charge on any atom is 0.145 e. The van der Waals surface area contributed by atoms with Crippen LogP contribution in [0.4, 0.5) is 17.1 Å². The van der Waals surface area contributed by atoms with Crippen molar-refractivity contribution in [3.05, 3.63) is 255 Å². The van der Waals surface area contributed by atoms with E-state index in [-0.39, 0.29) is 0 Å². The summed E-state index contributed by atoms with van der Waals surface area (Å²) in [7, 11) is 0. The Labute approximate surface area is 388 Å². The molecule has 0 amide bonds. The van der Waals surface area contributed by atoms with Crippen molar-refractivity contribution < 1.29 is 4.42 Å². The third kappa shape index (κ3) is 6.43. The molecule has 2 heterocycles. The molecular weight excluding hydrogens is 813 g/mol. The molecule has 13 aromatic rings. The second-order valence-corrected chi connectivity index (χ2v) is 17.2. The van der Waals surface area contributed by atoms with Crippen molar-refractivity contribution in [1.82, 2.24) is 4.57 Å². The maximum absolute atomic E-state index is 7.12. The van der Waals surface area contributed by atoms with E-state index in [1.165, 1.54) is 43.7 Å². The molecule has 0 saturated carbocycles. The lowest BCUT2D eigenvalue weighted by atomic mass is 9.93. The number of para-hydroxylation sites is 4. The van der Waals surface area contributed by atoms with E-state index >= 15 is 0 Å². The summed E-state index contributed by atoms with van der Waals surface area (Å²) in [4.78, 5) is 2.44. The lowest BCUT2D eigenvalue weighted by molar-refractivity contribution is 0.670. The fraction of sp³-hybridized carbons (Fsp3) is 0. The van der Waals surface area contributed by atoms with Gasteiger partial charge in [-0.3, -0.25) is 0 Å². The number of benzene rings is 11. The Balaban J connectivity index is 1.08. The highest BCUT2D eigenvalue weighted by Gasteiger charge is 2.26. The van der Waals surface area contributed by atoms with Crippen molar-refractivity contribution in [2.24, 2.45) is 0 Å². The van der Waals surface area contributed by atoms with Gasteiger partial charge in [0.25, 0.3) is 0 Å².